The number of ether oxygens (including phenoxy) is 2. The zero-order chi connectivity index (χ0) is 22.6. The maximum Gasteiger partial charge on any atom is 0.247 e. The Bertz CT molecular complexity index is 920. The van der Waals surface area contributed by atoms with E-state index in [0.717, 1.165) is 28.1 Å². The lowest BCUT2D eigenvalue weighted by Crippen LogP contribution is -2.39. The van der Waals surface area contributed by atoms with Crippen LogP contribution in [-0.4, -0.2) is 50.1 Å². The minimum atomic E-state index is -0.264. The van der Waals surface area contributed by atoms with E-state index in [-0.39, 0.29) is 18.4 Å². The third kappa shape index (κ3) is 7.75. The molecule has 0 bridgehead atoms. The molecule has 2 aromatic carbocycles. The number of rotatable bonds is 11. The Kier molecular flexibility index (Phi) is 9.52. The molecule has 6 nitrogen and oxygen atoms in total. The molecule has 0 radical (unpaired) electrons. The second kappa shape index (κ2) is 12.3. The molecule has 0 spiro atoms. The molecule has 0 heterocycles. The Morgan fingerprint density at radius 3 is 2.55 bits per heavy atom. The van der Waals surface area contributed by atoms with Crippen molar-refractivity contribution < 1.29 is 19.1 Å². The van der Waals surface area contributed by atoms with Crippen LogP contribution in [0.5, 0.6) is 5.75 Å². The van der Waals surface area contributed by atoms with E-state index in [4.69, 9.17) is 9.47 Å². The monoisotopic (exact) mass is 422 g/mol. The number of anilines is 1. The van der Waals surface area contributed by atoms with Gasteiger partial charge in [0.25, 0.3) is 0 Å². The van der Waals surface area contributed by atoms with Gasteiger partial charge in [0.2, 0.25) is 11.8 Å². The number of benzene rings is 2. The summed E-state index contributed by atoms with van der Waals surface area (Å²) in [6.45, 7) is 8.59. The molecule has 164 valence electrons. The van der Waals surface area contributed by atoms with Crippen LogP contribution in [0.25, 0.3) is 6.08 Å². The topological polar surface area (TPSA) is 67.9 Å². The van der Waals surface area contributed by atoms with Gasteiger partial charge in [-0.25, -0.2) is 0 Å². The maximum atomic E-state index is 12.7. The Morgan fingerprint density at radius 2 is 1.87 bits per heavy atom. The van der Waals surface area contributed by atoms with E-state index in [1.807, 2.05) is 56.3 Å². The molecular formula is C25H30N2O4. The highest BCUT2D eigenvalue weighted by Gasteiger charge is 2.16. The summed E-state index contributed by atoms with van der Waals surface area (Å²) in [7, 11) is 1.56. The minimum Gasteiger partial charge on any atom is -0.490 e. The summed E-state index contributed by atoms with van der Waals surface area (Å²) in [4.78, 5) is 26.7. The molecule has 0 aliphatic heterocycles. The number of nitrogens with zero attached hydrogens (tertiary/aromatic N) is 1. The Balaban J connectivity index is 2.02. The van der Waals surface area contributed by atoms with Crippen molar-refractivity contribution >= 4 is 23.6 Å². The van der Waals surface area contributed by atoms with Crippen LogP contribution in [0.4, 0.5) is 5.69 Å². The summed E-state index contributed by atoms with van der Waals surface area (Å²) >= 11 is 0. The molecule has 0 aliphatic carbocycles. The summed E-state index contributed by atoms with van der Waals surface area (Å²) in [5, 5.41) is 2.89. The van der Waals surface area contributed by atoms with Gasteiger partial charge in [-0.15, -0.1) is 0 Å². The number of carbonyl (C=O) groups is 2. The van der Waals surface area contributed by atoms with Crippen molar-refractivity contribution in [3.8, 4) is 5.75 Å². The van der Waals surface area contributed by atoms with Gasteiger partial charge in [0, 0.05) is 25.4 Å². The first-order chi connectivity index (χ1) is 14.9. The predicted molar refractivity (Wildman–Crippen MR) is 124 cm³/mol. The first-order valence-corrected chi connectivity index (χ1v) is 10.1. The van der Waals surface area contributed by atoms with E-state index in [9.17, 15) is 9.59 Å². The highest BCUT2D eigenvalue weighted by molar-refractivity contribution is 5.98. The number of aryl methyl sites for hydroxylation is 1. The van der Waals surface area contributed by atoms with Crippen molar-refractivity contribution in [2.75, 3.05) is 38.7 Å². The predicted octanol–water partition coefficient (Wildman–Crippen LogP) is 4.00. The Morgan fingerprint density at radius 1 is 1.13 bits per heavy atom. The molecule has 6 heteroatoms. The average molecular weight is 423 g/mol. The molecule has 0 aromatic heterocycles. The third-order valence-corrected chi connectivity index (χ3v) is 4.76. The highest BCUT2D eigenvalue weighted by atomic mass is 16.5. The molecule has 0 unspecified atom stereocenters. The van der Waals surface area contributed by atoms with Gasteiger partial charge in [-0.2, -0.15) is 0 Å². The van der Waals surface area contributed by atoms with Gasteiger partial charge < -0.3 is 19.7 Å². The zero-order valence-corrected chi connectivity index (χ0v) is 18.4. The quantitative estimate of drug-likeness (QED) is 0.439. The van der Waals surface area contributed by atoms with Gasteiger partial charge in [-0.1, -0.05) is 36.9 Å². The van der Waals surface area contributed by atoms with Crippen molar-refractivity contribution in [2.45, 2.75) is 13.8 Å². The van der Waals surface area contributed by atoms with Crippen LogP contribution in [0.2, 0.25) is 0 Å². The van der Waals surface area contributed by atoms with Crippen molar-refractivity contribution in [3.05, 3.63) is 77.9 Å². The lowest BCUT2D eigenvalue weighted by molar-refractivity contribution is -0.131. The van der Waals surface area contributed by atoms with E-state index < -0.39 is 0 Å². The van der Waals surface area contributed by atoms with Crippen molar-refractivity contribution in [1.29, 1.82) is 0 Å². The van der Waals surface area contributed by atoms with Gasteiger partial charge >= 0.3 is 0 Å². The third-order valence-electron chi connectivity index (χ3n) is 4.76. The van der Waals surface area contributed by atoms with E-state index in [2.05, 4.69) is 11.9 Å². The van der Waals surface area contributed by atoms with Gasteiger partial charge in [-0.05, 0) is 54.8 Å². The van der Waals surface area contributed by atoms with Gasteiger partial charge in [0.15, 0.2) is 0 Å². The maximum absolute atomic E-state index is 12.7. The fourth-order valence-electron chi connectivity index (χ4n) is 2.82. The van der Waals surface area contributed by atoms with Crippen LogP contribution in [-0.2, 0) is 14.3 Å². The molecule has 0 atom stereocenters. The summed E-state index contributed by atoms with van der Waals surface area (Å²) in [6.07, 6.45) is 4.85. The van der Waals surface area contributed by atoms with E-state index >= 15 is 0 Å². The molecule has 2 aromatic rings. The van der Waals surface area contributed by atoms with Crippen molar-refractivity contribution in [2.24, 2.45) is 0 Å². The highest BCUT2D eigenvalue weighted by Crippen LogP contribution is 2.18. The fraction of sp³-hybridized carbons (Fsp3) is 0.280. The van der Waals surface area contributed by atoms with Crippen LogP contribution in [0.1, 0.15) is 16.7 Å². The lowest BCUT2D eigenvalue weighted by Gasteiger charge is -2.21. The number of methoxy groups -OCH3 is 1. The lowest BCUT2D eigenvalue weighted by atomic mass is 10.1. The smallest absolute Gasteiger partial charge is 0.247 e. The number of amides is 2. The molecule has 0 fully saturated rings. The molecular weight excluding hydrogens is 392 g/mol. The Labute approximate surface area is 184 Å². The van der Waals surface area contributed by atoms with Crippen LogP contribution >= 0.6 is 0 Å². The first kappa shape index (κ1) is 23.9. The zero-order valence-electron chi connectivity index (χ0n) is 18.4. The number of hydrogen-bond donors (Lipinski definition) is 1. The largest absolute Gasteiger partial charge is 0.490 e. The molecule has 2 rings (SSSR count). The molecule has 2 amide bonds. The summed E-state index contributed by atoms with van der Waals surface area (Å²) in [5.74, 6) is 0.212. The fourth-order valence-corrected chi connectivity index (χ4v) is 2.82. The number of carbonyl (C=O) groups excluding carboxylic acids is 2. The number of nitrogens with one attached hydrogen (secondary N) is 1. The van der Waals surface area contributed by atoms with E-state index in [0.29, 0.717) is 19.8 Å². The average Bonchev–Trinajstić information content (AvgIpc) is 2.77. The van der Waals surface area contributed by atoms with Gasteiger partial charge in [0.05, 0.1) is 6.61 Å². The van der Waals surface area contributed by atoms with Crippen LogP contribution in [0.3, 0.4) is 0 Å². The van der Waals surface area contributed by atoms with Crippen LogP contribution in [0, 0.1) is 13.8 Å². The van der Waals surface area contributed by atoms with E-state index in [1.165, 1.54) is 11.0 Å². The van der Waals surface area contributed by atoms with Gasteiger partial charge in [-0.3, -0.25) is 9.59 Å². The Hall–Kier alpha value is -3.38. The first-order valence-electron chi connectivity index (χ1n) is 10.1. The second-order valence-corrected chi connectivity index (χ2v) is 7.05. The summed E-state index contributed by atoms with van der Waals surface area (Å²) in [5.41, 5.74) is 3.70. The SMILES string of the molecule is C=CCOc1ccc(C=CC(=O)N(CCOC)CC(=O)Nc2cccc(C)c2C)cc1. The minimum absolute atomic E-state index is 0.0613. The van der Waals surface area contributed by atoms with E-state index in [1.54, 1.807) is 19.3 Å². The normalized spacial score (nSPS) is 10.7. The van der Waals surface area contributed by atoms with Crippen LogP contribution < -0.4 is 10.1 Å². The van der Waals surface area contributed by atoms with Crippen LogP contribution in [0.15, 0.2) is 61.2 Å². The van der Waals surface area contributed by atoms with Crippen molar-refractivity contribution in [3.63, 3.8) is 0 Å². The molecule has 31 heavy (non-hydrogen) atoms. The van der Waals surface area contributed by atoms with Gasteiger partial charge in [0.1, 0.15) is 18.9 Å². The second-order valence-electron chi connectivity index (χ2n) is 7.05. The molecule has 0 saturated carbocycles. The van der Waals surface area contributed by atoms with Crippen molar-refractivity contribution in [1.82, 2.24) is 4.90 Å². The summed E-state index contributed by atoms with van der Waals surface area (Å²) in [6, 6.07) is 13.1. The number of hydrogen-bond acceptors (Lipinski definition) is 4. The molecule has 0 aliphatic rings. The standard InChI is InChI=1S/C25H30N2O4/c1-5-16-31-22-12-9-21(10-13-22)11-14-25(29)27(15-17-30-4)18-24(28)26-23-8-6-7-19(2)20(23)3/h5-14H,1,15-18H2,2-4H3,(H,26,28). The molecule has 1 N–H and O–H groups in total. The summed E-state index contributed by atoms with van der Waals surface area (Å²) < 4.78 is 10.5. The molecule has 0 saturated heterocycles.